The van der Waals surface area contributed by atoms with Crippen molar-refractivity contribution in [3.8, 4) is 5.75 Å². The summed E-state index contributed by atoms with van der Waals surface area (Å²) in [5.41, 5.74) is 1.18. The predicted molar refractivity (Wildman–Crippen MR) is 89.9 cm³/mol. The lowest BCUT2D eigenvalue weighted by Gasteiger charge is -2.11. The van der Waals surface area contributed by atoms with Crippen molar-refractivity contribution >= 4 is 33.0 Å². The van der Waals surface area contributed by atoms with Crippen LogP contribution in [-0.2, 0) is 14.6 Å². The second-order valence-corrected chi connectivity index (χ2v) is 7.44. The van der Waals surface area contributed by atoms with Crippen molar-refractivity contribution in [2.75, 3.05) is 18.2 Å². The van der Waals surface area contributed by atoms with E-state index in [0.29, 0.717) is 16.5 Å². The molecule has 0 aromatic heterocycles. The molecular weight excluding hydrogens is 338 g/mol. The van der Waals surface area contributed by atoms with E-state index in [1.54, 1.807) is 37.3 Å². The van der Waals surface area contributed by atoms with Crippen LogP contribution < -0.4 is 10.1 Å². The molecule has 122 valence electrons. The number of benzene rings is 2. The first-order valence-corrected chi connectivity index (χ1v) is 9.02. The fourth-order valence-corrected chi connectivity index (χ4v) is 2.70. The standard InChI is InChI=1S/C16H16ClNO4S/c1-11-7-8-12(23(2,20)21)9-14(11)18-16(19)10-22-15-6-4-3-5-13(15)17/h3-9H,10H2,1-2H3,(H,18,19). The summed E-state index contributed by atoms with van der Waals surface area (Å²) in [4.78, 5) is 12.1. The Bertz CT molecular complexity index is 834. The Hall–Kier alpha value is -2.05. The smallest absolute Gasteiger partial charge is 0.262 e. The van der Waals surface area contributed by atoms with Crippen LogP contribution >= 0.6 is 11.6 Å². The number of ether oxygens (including phenoxy) is 1. The molecular formula is C16H16ClNO4S. The lowest BCUT2D eigenvalue weighted by atomic mass is 10.2. The summed E-state index contributed by atoms with van der Waals surface area (Å²) in [6.07, 6.45) is 1.11. The fraction of sp³-hybridized carbons (Fsp3) is 0.188. The van der Waals surface area contributed by atoms with E-state index < -0.39 is 15.7 Å². The summed E-state index contributed by atoms with van der Waals surface area (Å²) in [5.74, 6) is 0.00426. The molecule has 0 unspecified atom stereocenters. The number of nitrogens with one attached hydrogen (secondary N) is 1. The summed E-state index contributed by atoms with van der Waals surface area (Å²) in [5, 5.41) is 3.05. The van der Waals surface area contributed by atoms with Gasteiger partial charge in [-0.05, 0) is 36.8 Å². The highest BCUT2D eigenvalue weighted by Gasteiger charge is 2.12. The minimum absolute atomic E-state index is 0.144. The van der Waals surface area contributed by atoms with Crippen LogP contribution in [0.25, 0.3) is 0 Å². The highest BCUT2D eigenvalue weighted by molar-refractivity contribution is 7.90. The van der Waals surface area contributed by atoms with Crippen LogP contribution in [-0.4, -0.2) is 27.2 Å². The van der Waals surface area contributed by atoms with E-state index in [0.717, 1.165) is 11.8 Å². The zero-order valence-corrected chi connectivity index (χ0v) is 14.2. The van der Waals surface area contributed by atoms with E-state index in [2.05, 4.69) is 5.32 Å². The van der Waals surface area contributed by atoms with E-state index in [9.17, 15) is 13.2 Å². The van der Waals surface area contributed by atoms with Gasteiger partial charge in [-0.15, -0.1) is 0 Å². The number of amides is 1. The van der Waals surface area contributed by atoms with Crippen molar-refractivity contribution in [1.29, 1.82) is 0 Å². The van der Waals surface area contributed by atoms with Crippen molar-refractivity contribution in [2.45, 2.75) is 11.8 Å². The van der Waals surface area contributed by atoms with Gasteiger partial charge in [-0.25, -0.2) is 8.42 Å². The highest BCUT2D eigenvalue weighted by atomic mass is 35.5. The van der Waals surface area contributed by atoms with Gasteiger partial charge in [0.1, 0.15) is 5.75 Å². The van der Waals surface area contributed by atoms with Crippen LogP contribution in [0.5, 0.6) is 5.75 Å². The van der Waals surface area contributed by atoms with Crippen LogP contribution in [0.4, 0.5) is 5.69 Å². The average Bonchev–Trinajstić information content (AvgIpc) is 2.47. The molecule has 0 atom stereocenters. The van der Waals surface area contributed by atoms with Crippen LogP contribution in [0.2, 0.25) is 5.02 Å². The van der Waals surface area contributed by atoms with Gasteiger partial charge >= 0.3 is 0 Å². The predicted octanol–water partition coefficient (Wildman–Crippen LogP) is 3.07. The molecule has 0 saturated heterocycles. The molecule has 2 aromatic carbocycles. The molecule has 2 aromatic rings. The third kappa shape index (κ3) is 4.71. The zero-order chi connectivity index (χ0) is 17.0. The first-order chi connectivity index (χ1) is 10.8. The molecule has 0 aliphatic heterocycles. The molecule has 2 rings (SSSR count). The molecule has 1 amide bonds. The number of halogens is 1. The molecule has 0 aliphatic carbocycles. The molecule has 0 radical (unpaired) electrons. The molecule has 5 nitrogen and oxygen atoms in total. The maximum Gasteiger partial charge on any atom is 0.262 e. The number of para-hydroxylation sites is 1. The first kappa shape index (κ1) is 17.3. The van der Waals surface area contributed by atoms with Crippen molar-refractivity contribution in [2.24, 2.45) is 0 Å². The second-order valence-electron chi connectivity index (χ2n) is 5.02. The number of carbonyl (C=O) groups excluding carboxylic acids is 1. The minimum atomic E-state index is -3.34. The number of carbonyl (C=O) groups is 1. The highest BCUT2D eigenvalue weighted by Crippen LogP contribution is 2.23. The molecule has 0 aliphatic rings. The molecule has 0 spiro atoms. The Morgan fingerprint density at radius 3 is 2.57 bits per heavy atom. The van der Waals surface area contributed by atoms with E-state index in [1.807, 2.05) is 0 Å². The largest absolute Gasteiger partial charge is 0.482 e. The number of anilines is 1. The monoisotopic (exact) mass is 353 g/mol. The quantitative estimate of drug-likeness (QED) is 0.896. The number of aryl methyl sites for hydroxylation is 1. The topological polar surface area (TPSA) is 72.5 Å². The Balaban J connectivity index is 2.07. The van der Waals surface area contributed by atoms with E-state index >= 15 is 0 Å². The minimum Gasteiger partial charge on any atom is -0.482 e. The SMILES string of the molecule is Cc1ccc(S(C)(=O)=O)cc1NC(=O)COc1ccccc1Cl. The van der Waals surface area contributed by atoms with Gasteiger partial charge in [0.25, 0.3) is 5.91 Å². The summed E-state index contributed by atoms with van der Waals surface area (Å²) in [6, 6.07) is 11.4. The van der Waals surface area contributed by atoms with Gasteiger partial charge < -0.3 is 10.1 Å². The number of rotatable bonds is 5. The number of sulfone groups is 1. The normalized spacial score (nSPS) is 11.1. The number of hydrogen-bond donors (Lipinski definition) is 1. The van der Waals surface area contributed by atoms with Gasteiger partial charge in [0.2, 0.25) is 0 Å². The first-order valence-electron chi connectivity index (χ1n) is 6.75. The van der Waals surface area contributed by atoms with Crippen LogP contribution in [0.1, 0.15) is 5.56 Å². The molecule has 0 fully saturated rings. The van der Waals surface area contributed by atoms with Crippen LogP contribution in [0.15, 0.2) is 47.4 Å². The summed E-state index contributed by atoms with van der Waals surface area (Å²) >= 11 is 5.94. The Morgan fingerprint density at radius 1 is 1.22 bits per heavy atom. The Kier molecular flexibility index (Phi) is 5.28. The van der Waals surface area contributed by atoms with E-state index in [-0.39, 0.29) is 11.5 Å². The lowest BCUT2D eigenvalue weighted by Crippen LogP contribution is -2.21. The van der Waals surface area contributed by atoms with Crippen molar-refractivity contribution in [3.05, 3.63) is 53.1 Å². The lowest BCUT2D eigenvalue weighted by molar-refractivity contribution is -0.118. The zero-order valence-electron chi connectivity index (χ0n) is 12.7. The Labute approximate surface area is 140 Å². The maximum absolute atomic E-state index is 12.0. The van der Waals surface area contributed by atoms with Gasteiger partial charge in [-0.1, -0.05) is 29.8 Å². The molecule has 0 saturated carbocycles. The van der Waals surface area contributed by atoms with Crippen LogP contribution in [0, 0.1) is 6.92 Å². The van der Waals surface area contributed by atoms with Crippen molar-refractivity contribution in [3.63, 3.8) is 0 Å². The van der Waals surface area contributed by atoms with Crippen molar-refractivity contribution < 1.29 is 17.9 Å². The summed E-state index contributed by atoms with van der Waals surface area (Å²) in [7, 11) is -3.34. The Morgan fingerprint density at radius 2 is 1.91 bits per heavy atom. The molecule has 0 bridgehead atoms. The molecule has 23 heavy (non-hydrogen) atoms. The third-order valence-electron chi connectivity index (χ3n) is 3.11. The van der Waals surface area contributed by atoms with E-state index in [1.165, 1.54) is 12.1 Å². The number of hydrogen-bond acceptors (Lipinski definition) is 4. The summed E-state index contributed by atoms with van der Waals surface area (Å²) in [6.45, 7) is 1.54. The fourth-order valence-electron chi connectivity index (χ4n) is 1.86. The van der Waals surface area contributed by atoms with Crippen LogP contribution in [0.3, 0.4) is 0 Å². The van der Waals surface area contributed by atoms with Gasteiger partial charge in [0.05, 0.1) is 9.92 Å². The second kappa shape index (κ2) is 7.02. The van der Waals surface area contributed by atoms with Crippen molar-refractivity contribution in [1.82, 2.24) is 0 Å². The summed E-state index contributed by atoms with van der Waals surface area (Å²) < 4.78 is 28.5. The van der Waals surface area contributed by atoms with Gasteiger partial charge in [-0.3, -0.25) is 4.79 Å². The van der Waals surface area contributed by atoms with Gasteiger partial charge in [0.15, 0.2) is 16.4 Å². The van der Waals surface area contributed by atoms with Gasteiger partial charge in [-0.2, -0.15) is 0 Å². The maximum atomic E-state index is 12.0. The van der Waals surface area contributed by atoms with E-state index in [4.69, 9.17) is 16.3 Å². The molecule has 0 heterocycles. The molecule has 7 heteroatoms. The average molecular weight is 354 g/mol. The third-order valence-corrected chi connectivity index (χ3v) is 4.53. The van der Waals surface area contributed by atoms with Gasteiger partial charge in [0, 0.05) is 11.9 Å². The molecule has 1 N–H and O–H groups in total.